The molecule has 0 saturated carbocycles. The minimum absolute atomic E-state index is 0.0924. The first-order chi connectivity index (χ1) is 57.0. The third-order valence-electron chi connectivity index (χ3n) is 25.1. The molecule has 0 bridgehead atoms. The van der Waals surface area contributed by atoms with Gasteiger partial charge in [0.25, 0.3) is 0 Å². The predicted molar refractivity (Wildman–Crippen MR) is 492 cm³/mol. The predicted octanol–water partition coefficient (Wildman–Crippen LogP) is 28.9. The highest BCUT2D eigenvalue weighted by Gasteiger charge is 2.37. The van der Waals surface area contributed by atoms with E-state index in [1.807, 2.05) is 0 Å². The van der Waals surface area contributed by atoms with Crippen LogP contribution in [0.2, 0.25) is 0 Å². The lowest BCUT2D eigenvalue weighted by atomic mass is 9.81. The van der Waals surface area contributed by atoms with E-state index >= 15 is 0 Å². The van der Waals surface area contributed by atoms with E-state index < -0.39 is 0 Å². The molecule has 0 aromatic heterocycles. The van der Waals surface area contributed by atoms with Crippen molar-refractivity contribution in [3.63, 3.8) is 0 Å². The molecule has 0 amide bonds. The second-order valence-electron chi connectivity index (χ2n) is 32.6. The van der Waals surface area contributed by atoms with E-state index in [4.69, 9.17) is 0 Å². The lowest BCUT2D eigenvalue weighted by Crippen LogP contribution is -2.37. The average Bonchev–Trinajstić information content (AvgIpc) is 1.10. The summed E-state index contributed by atoms with van der Waals surface area (Å²) in [5.41, 5.74) is 32.2. The van der Waals surface area contributed by atoms with Crippen LogP contribution in [0.4, 0.5) is 56.9 Å². The number of rotatable bonds is 16. The molecule has 116 heavy (non-hydrogen) atoms. The molecule has 4 aliphatic carbocycles. The van der Waals surface area contributed by atoms with Gasteiger partial charge in [-0.2, -0.15) is 0 Å². The Morgan fingerprint density at radius 2 is 0.664 bits per heavy atom. The van der Waals surface area contributed by atoms with Crippen molar-refractivity contribution in [2.75, 3.05) is 19.6 Å². The first kappa shape index (κ1) is 69.9. The SMILES string of the molecule is CC1(C)c2ccccc2-c2ccc(-c3ccc(N(C4=CC=CCC4)c4ccc5c(-c6ccc(N(c7ccccc7)c7ccc8ccccc8c7)cc6)c6cc(N(c7ccccc7)c7ccc(-c8ccc9c(c8)C(C)(C)c8ccccc8-9)cc7)ccc6c(-c6ccc(N(c7ccccc7)C7C=c8ccccc8=CC7)cc6)c5c4)cc3)cc21. The van der Waals surface area contributed by atoms with Gasteiger partial charge in [-0.25, -0.2) is 0 Å². The number of anilines is 10. The number of nitrogens with zero attached hydrogens (tertiary/aromatic N) is 4. The zero-order valence-corrected chi connectivity index (χ0v) is 65.7. The minimum atomic E-state index is -0.112. The summed E-state index contributed by atoms with van der Waals surface area (Å²) >= 11 is 0. The molecule has 0 N–H and O–H groups in total. The number of para-hydroxylation sites is 3. The van der Waals surface area contributed by atoms with Crippen molar-refractivity contribution in [1.29, 1.82) is 0 Å². The molecule has 0 heterocycles. The quantitative estimate of drug-likeness (QED) is 0.0894. The molecule has 1 atom stereocenters. The Kier molecular flexibility index (Phi) is 17.2. The van der Waals surface area contributed by atoms with Gasteiger partial charge in [0.2, 0.25) is 0 Å². The molecule has 4 aliphatic rings. The smallest absolute Gasteiger partial charge is 0.0566 e. The Morgan fingerprint density at radius 3 is 1.19 bits per heavy atom. The van der Waals surface area contributed by atoms with Crippen LogP contribution in [0, 0.1) is 0 Å². The molecule has 21 rings (SSSR count). The zero-order chi connectivity index (χ0) is 77.6. The van der Waals surface area contributed by atoms with Crippen molar-refractivity contribution in [1.82, 2.24) is 0 Å². The van der Waals surface area contributed by atoms with E-state index in [-0.39, 0.29) is 16.9 Å². The van der Waals surface area contributed by atoms with E-state index in [1.165, 1.54) is 99.2 Å². The second-order valence-corrected chi connectivity index (χ2v) is 32.6. The summed E-state index contributed by atoms with van der Waals surface area (Å²) in [6.07, 6.45) is 14.4. The highest BCUT2D eigenvalue weighted by Crippen LogP contribution is 2.54. The van der Waals surface area contributed by atoms with E-state index in [1.54, 1.807) is 0 Å². The minimum Gasteiger partial charge on any atom is -0.334 e. The molecule has 4 heteroatoms. The number of allylic oxidation sites excluding steroid dienone is 4. The number of benzene rings is 17. The molecule has 0 fully saturated rings. The van der Waals surface area contributed by atoms with Crippen LogP contribution in [0.3, 0.4) is 0 Å². The van der Waals surface area contributed by atoms with Crippen molar-refractivity contribution in [3.8, 4) is 66.8 Å². The number of hydrogen-bond donors (Lipinski definition) is 0. The van der Waals surface area contributed by atoms with Crippen LogP contribution in [0.1, 0.15) is 69.2 Å². The van der Waals surface area contributed by atoms with Gasteiger partial charge >= 0.3 is 0 Å². The summed E-state index contributed by atoms with van der Waals surface area (Å²) in [4.78, 5) is 9.88. The third kappa shape index (κ3) is 12.1. The van der Waals surface area contributed by atoms with Crippen molar-refractivity contribution >= 4 is 101 Å². The fourth-order valence-corrected chi connectivity index (χ4v) is 19.3. The van der Waals surface area contributed by atoms with Crippen LogP contribution in [-0.4, -0.2) is 6.04 Å². The van der Waals surface area contributed by atoms with E-state index in [0.717, 1.165) is 114 Å². The topological polar surface area (TPSA) is 13.0 Å². The first-order valence-corrected chi connectivity index (χ1v) is 40.9. The highest BCUT2D eigenvalue weighted by molar-refractivity contribution is 6.23. The van der Waals surface area contributed by atoms with E-state index in [0.29, 0.717) is 0 Å². The number of hydrogen-bond acceptors (Lipinski definition) is 4. The molecular formula is C112H86N4. The molecular weight excluding hydrogens is 1400 g/mol. The summed E-state index contributed by atoms with van der Waals surface area (Å²) in [6.45, 7) is 9.47. The maximum Gasteiger partial charge on any atom is 0.0566 e. The third-order valence-corrected chi connectivity index (χ3v) is 25.1. The van der Waals surface area contributed by atoms with Gasteiger partial charge < -0.3 is 19.6 Å². The van der Waals surface area contributed by atoms with Crippen LogP contribution in [0.5, 0.6) is 0 Å². The summed E-state index contributed by atoms with van der Waals surface area (Å²) in [6, 6.07) is 141. The lowest BCUT2D eigenvalue weighted by Gasteiger charge is -2.33. The summed E-state index contributed by atoms with van der Waals surface area (Å²) in [5.74, 6) is 0. The van der Waals surface area contributed by atoms with Crippen molar-refractivity contribution < 1.29 is 0 Å². The van der Waals surface area contributed by atoms with Gasteiger partial charge in [0.05, 0.1) is 6.04 Å². The molecule has 0 spiro atoms. The Labute approximate surface area is 679 Å². The molecule has 0 saturated heterocycles. The Hall–Kier alpha value is -14.1. The Morgan fingerprint density at radius 1 is 0.276 bits per heavy atom. The Balaban J connectivity index is 0.768. The molecule has 4 nitrogen and oxygen atoms in total. The van der Waals surface area contributed by atoms with E-state index in [2.05, 4.69) is 454 Å². The van der Waals surface area contributed by atoms with Crippen LogP contribution >= 0.6 is 0 Å². The van der Waals surface area contributed by atoms with Gasteiger partial charge in [-0.15, -0.1) is 0 Å². The summed E-state index contributed by atoms with van der Waals surface area (Å²) in [5, 5.41) is 9.56. The fraction of sp³-hybridized carbons (Fsp3) is 0.0893. The summed E-state index contributed by atoms with van der Waals surface area (Å²) in [7, 11) is 0. The van der Waals surface area contributed by atoms with Gasteiger partial charge in [0.1, 0.15) is 0 Å². The van der Waals surface area contributed by atoms with Gasteiger partial charge in [-0.05, 0) is 291 Å². The standard InChI is InChI=1S/C112H86N4/c1-111(2)105-39-23-21-37-97(105)99-65-51-83(71-107(99)111)77-41-53-89(54-42-77)115(87-33-13-7-14-34-87)95-63-67-101-103(73-95)109(79-47-57-91(58-48-79)113(85-29-9-5-10-30-85)93-61-45-75-25-17-19-27-81(75)69-93)102-68-64-96(74-104(102)110(101)80-49-59-92(60-50-80)114(86-31-11-6-12-32-86)94-62-46-76-26-18-20-28-82(76)70-94)116(88-35-15-8-16-36-88)90-55-43-78(44-56-90)84-52-66-100-98-38-22-24-40-106(98)112(3,4)108(100)72-84/h5-15,17-35,37-61,63-74,94H,16,36,62H2,1-4H3. The lowest BCUT2D eigenvalue weighted by molar-refractivity contribution is 0.660. The molecule has 0 aliphatic heterocycles. The van der Waals surface area contributed by atoms with Crippen LogP contribution in [0.25, 0.3) is 111 Å². The van der Waals surface area contributed by atoms with Crippen molar-refractivity contribution in [3.05, 3.63) is 433 Å². The maximum absolute atomic E-state index is 2.53. The average molecular weight is 1490 g/mol. The van der Waals surface area contributed by atoms with E-state index in [9.17, 15) is 0 Å². The van der Waals surface area contributed by atoms with Gasteiger partial charge in [-0.1, -0.05) is 295 Å². The van der Waals surface area contributed by atoms with Gasteiger partial charge in [0, 0.05) is 73.4 Å². The zero-order valence-electron chi connectivity index (χ0n) is 65.7. The van der Waals surface area contributed by atoms with Gasteiger partial charge in [0.15, 0.2) is 0 Å². The number of fused-ring (bicyclic) bond motifs is 10. The van der Waals surface area contributed by atoms with Gasteiger partial charge in [-0.3, -0.25) is 0 Å². The van der Waals surface area contributed by atoms with Crippen molar-refractivity contribution in [2.24, 2.45) is 0 Å². The monoisotopic (exact) mass is 1490 g/mol. The summed E-state index contributed by atoms with van der Waals surface area (Å²) < 4.78 is 0. The molecule has 1 unspecified atom stereocenters. The normalized spacial score (nSPS) is 14.5. The maximum atomic E-state index is 2.53. The van der Waals surface area contributed by atoms with Crippen LogP contribution in [-0.2, 0) is 10.8 Å². The highest BCUT2D eigenvalue weighted by atomic mass is 15.2. The van der Waals surface area contributed by atoms with Crippen molar-refractivity contribution in [2.45, 2.75) is 63.8 Å². The molecule has 554 valence electrons. The fourth-order valence-electron chi connectivity index (χ4n) is 19.3. The Bertz CT molecular complexity index is 6900. The molecule has 0 radical (unpaired) electrons. The molecule has 17 aromatic carbocycles. The van der Waals surface area contributed by atoms with Crippen LogP contribution < -0.4 is 30.0 Å². The molecule has 17 aromatic rings. The second kappa shape index (κ2) is 28.5. The van der Waals surface area contributed by atoms with Crippen LogP contribution in [0.15, 0.2) is 400 Å². The first-order valence-electron chi connectivity index (χ1n) is 40.9. The largest absolute Gasteiger partial charge is 0.334 e.